The topological polar surface area (TPSA) is 66.5 Å². The van der Waals surface area contributed by atoms with Gasteiger partial charge in [0.1, 0.15) is 11.9 Å². The molecule has 5 nitrogen and oxygen atoms in total. The van der Waals surface area contributed by atoms with E-state index in [-0.39, 0.29) is 11.6 Å². The van der Waals surface area contributed by atoms with Crippen LogP contribution in [0.1, 0.15) is 39.0 Å². The highest BCUT2D eigenvalue weighted by atomic mass is 32.2. The van der Waals surface area contributed by atoms with Crippen LogP contribution in [0.5, 0.6) is 0 Å². The second kappa shape index (κ2) is 8.47. The number of halogens is 1. The van der Waals surface area contributed by atoms with Gasteiger partial charge in [0.2, 0.25) is 15.9 Å². The van der Waals surface area contributed by atoms with Crippen molar-refractivity contribution < 1.29 is 17.6 Å². The van der Waals surface area contributed by atoms with E-state index in [1.165, 1.54) is 49.6 Å². The lowest BCUT2D eigenvalue weighted by Gasteiger charge is -2.28. The maximum Gasteiger partial charge on any atom is 0.243 e. The molecule has 1 atom stereocenters. The lowest BCUT2D eigenvalue weighted by atomic mass is 9.97. The molecule has 138 valence electrons. The fourth-order valence-corrected chi connectivity index (χ4v) is 4.20. The van der Waals surface area contributed by atoms with Crippen molar-refractivity contribution in [1.82, 2.24) is 5.32 Å². The quantitative estimate of drug-likeness (QED) is 0.753. The summed E-state index contributed by atoms with van der Waals surface area (Å²) in [5.74, 6) is -0.832. The van der Waals surface area contributed by atoms with Crippen LogP contribution in [0.3, 0.4) is 0 Å². The monoisotopic (exact) mass is 368 g/mol. The van der Waals surface area contributed by atoms with Gasteiger partial charge in [0.15, 0.2) is 0 Å². The van der Waals surface area contributed by atoms with Crippen molar-refractivity contribution in [3.8, 4) is 0 Å². The zero-order chi connectivity index (χ0) is 18.4. The Morgan fingerprint density at radius 3 is 2.52 bits per heavy atom. The molecular weight excluding hydrogens is 343 g/mol. The molecule has 0 heterocycles. The average Bonchev–Trinajstić information content (AvgIpc) is 2.56. The number of benzene rings is 1. The summed E-state index contributed by atoms with van der Waals surface area (Å²) >= 11 is 0. The fraction of sp³-hybridized carbons (Fsp3) is 0.500. The number of nitrogens with zero attached hydrogens (tertiary/aromatic N) is 1. The van der Waals surface area contributed by atoms with Gasteiger partial charge in [-0.05, 0) is 63.3 Å². The Bertz CT molecular complexity index is 729. The number of hydrogen-bond donors (Lipinski definition) is 1. The normalized spacial score (nSPS) is 16.0. The van der Waals surface area contributed by atoms with Crippen molar-refractivity contribution in [3.63, 3.8) is 0 Å². The van der Waals surface area contributed by atoms with Gasteiger partial charge < -0.3 is 5.32 Å². The molecule has 0 radical (unpaired) electrons. The van der Waals surface area contributed by atoms with E-state index < -0.39 is 21.9 Å². The number of nitrogens with one attached hydrogen (secondary N) is 1. The summed E-state index contributed by atoms with van der Waals surface area (Å²) in [4.78, 5) is 12.4. The molecule has 0 aliphatic heterocycles. The predicted octanol–water partition coefficient (Wildman–Crippen LogP) is 2.99. The number of hydrogen-bond acceptors (Lipinski definition) is 3. The molecule has 0 bridgehead atoms. The number of rotatable bonds is 7. The number of sulfonamides is 1. The Balaban J connectivity index is 2.02. The van der Waals surface area contributed by atoms with Gasteiger partial charge in [-0.1, -0.05) is 11.6 Å². The molecule has 1 aromatic carbocycles. The lowest BCUT2D eigenvalue weighted by Crippen LogP contribution is -2.48. The van der Waals surface area contributed by atoms with Crippen molar-refractivity contribution in [2.24, 2.45) is 0 Å². The molecule has 25 heavy (non-hydrogen) atoms. The van der Waals surface area contributed by atoms with Gasteiger partial charge in [-0.2, -0.15) is 0 Å². The van der Waals surface area contributed by atoms with Crippen LogP contribution in [0.2, 0.25) is 0 Å². The van der Waals surface area contributed by atoms with Gasteiger partial charge in [0.25, 0.3) is 0 Å². The Morgan fingerprint density at radius 2 is 1.96 bits per heavy atom. The summed E-state index contributed by atoms with van der Waals surface area (Å²) in [6.45, 7) is 2.01. The molecule has 1 aromatic rings. The summed E-state index contributed by atoms with van der Waals surface area (Å²) in [6, 6.07) is 4.14. The van der Waals surface area contributed by atoms with Crippen molar-refractivity contribution >= 4 is 21.6 Å². The summed E-state index contributed by atoms with van der Waals surface area (Å²) in [5.41, 5.74) is 1.61. The molecule has 2 rings (SSSR count). The predicted molar refractivity (Wildman–Crippen MR) is 97.4 cm³/mol. The van der Waals surface area contributed by atoms with E-state index >= 15 is 0 Å². The Labute approximate surface area is 149 Å². The first-order chi connectivity index (χ1) is 11.8. The first-order valence-electron chi connectivity index (χ1n) is 8.49. The summed E-state index contributed by atoms with van der Waals surface area (Å²) in [5, 5.41) is 2.80. The first kappa shape index (κ1) is 19.4. The van der Waals surface area contributed by atoms with E-state index in [0.717, 1.165) is 29.8 Å². The molecule has 1 amide bonds. The van der Waals surface area contributed by atoms with E-state index in [1.807, 2.05) is 0 Å². The number of anilines is 1. The fourth-order valence-electron chi connectivity index (χ4n) is 3.02. The van der Waals surface area contributed by atoms with Gasteiger partial charge in [-0.15, -0.1) is 0 Å². The number of allylic oxidation sites excluding steroid dienone is 1. The van der Waals surface area contributed by atoms with Gasteiger partial charge in [0, 0.05) is 6.54 Å². The molecule has 0 fully saturated rings. The van der Waals surface area contributed by atoms with Crippen LogP contribution in [0.15, 0.2) is 35.9 Å². The van der Waals surface area contributed by atoms with Gasteiger partial charge in [0.05, 0.1) is 11.9 Å². The Hall–Kier alpha value is -1.89. The van der Waals surface area contributed by atoms with Crippen LogP contribution in [-0.2, 0) is 14.8 Å². The molecule has 1 aliphatic rings. The van der Waals surface area contributed by atoms with Crippen molar-refractivity contribution in [2.75, 3.05) is 17.1 Å². The van der Waals surface area contributed by atoms with Crippen LogP contribution >= 0.6 is 0 Å². The van der Waals surface area contributed by atoms with Crippen molar-refractivity contribution in [1.29, 1.82) is 0 Å². The third-order valence-electron chi connectivity index (χ3n) is 4.30. The average molecular weight is 368 g/mol. The van der Waals surface area contributed by atoms with E-state index in [0.29, 0.717) is 6.54 Å². The van der Waals surface area contributed by atoms with Crippen LogP contribution in [-0.4, -0.2) is 33.2 Å². The molecule has 0 aromatic heterocycles. The summed E-state index contributed by atoms with van der Waals surface area (Å²) in [6.07, 6.45) is 8.60. The Morgan fingerprint density at radius 1 is 1.28 bits per heavy atom. The van der Waals surface area contributed by atoms with Crippen LogP contribution in [0.4, 0.5) is 10.1 Å². The lowest BCUT2D eigenvalue weighted by molar-refractivity contribution is -0.121. The molecule has 0 saturated heterocycles. The molecular formula is C18H25FN2O3S. The standard InChI is InChI=1S/C18H25FN2O3S/c1-14(18(22)20-13-12-15-6-4-3-5-7-15)21(25(2,23)24)17-10-8-16(19)9-11-17/h6,8-11,14H,3-5,7,12-13H2,1-2H3,(H,20,22)/t14-/m0/s1. The molecule has 0 spiro atoms. The van der Waals surface area contributed by atoms with Crippen LogP contribution in [0, 0.1) is 5.82 Å². The van der Waals surface area contributed by atoms with Crippen molar-refractivity contribution in [3.05, 3.63) is 41.7 Å². The third kappa shape index (κ3) is 5.56. The van der Waals surface area contributed by atoms with Crippen LogP contribution in [0.25, 0.3) is 0 Å². The van der Waals surface area contributed by atoms with Gasteiger partial charge in [-0.3, -0.25) is 9.10 Å². The van der Waals surface area contributed by atoms with Gasteiger partial charge in [-0.25, -0.2) is 12.8 Å². The molecule has 7 heteroatoms. The second-order valence-electron chi connectivity index (χ2n) is 6.36. The van der Waals surface area contributed by atoms with Crippen molar-refractivity contribution in [2.45, 2.75) is 45.1 Å². The minimum Gasteiger partial charge on any atom is -0.354 e. The summed E-state index contributed by atoms with van der Waals surface area (Å²) in [7, 11) is -3.68. The number of carbonyl (C=O) groups is 1. The second-order valence-corrected chi connectivity index (χ2v) is 8.22. The molecule has 0 unspecified atom stereocenters. The first-order valence-corrected chi connectivity index (χ1v) is 10.3. The van der Waals surface area contributed by atoms with Crippen LogP contribution < -0.4 is 9.62 Å². The SMILES string of the molecule is C[C@@H](C(=O)NCCC1=CCCCC1)N(c1ccc(F)cc1)S(C)(=O)=O. The van der Waals surface area contributed by atoms with Gasteiger partial charge >= 0.3 is 0 Å². The zero-order valence-corrected chi connectivity index (χ0v) is 15.5. The van der Waals surface area contributed by atoms with E-state index in [2.05, 4.69) is 11.4 Å². The smallest absolute Gasteiger partial charge is 0.243 e. The van der Waals surface area contributed by atoms with E-state index in [9.17, 15) is 17.6 Å². The minimum atomic E-state index is -3.68. The molecule has 1 N–H and O–H groups in total. The zero-order valence-electron chi connectivity index (χ0n) is 14.7. The summed E-state index contributed by atoms with van der Waals surface area (Å²) < 4.78 is 38.4. The highest BCUT2D eigenvalue weighted by Gasteiger charge is 2.28. The number of amides is 1. The highest BCUT2D eigenvalue weighted by molar-refractivity contribution is 7.92. The maximum atomic E-state index is 13.1. The largest absolute Gasteiger partial charge is 0.354 e. The van der Waals surface area contributed by atoms with E-state index in [4.69, 9.17) is 0 Å². The molecule has 1 aliphatic carbocycles. The molecule has 0 saturated carbocycles. The maximum absolute atomic E-state index is 13.1. The minimum absolute atomic E-state index is 0.265. The third-order valence-corrected chi connectivity index (χ3v) is 5.54. The Kier molecular flexibility index (Phi) is 6.58. The highest BCUT2D eigenvalue weighted by Crippen LogP contribution is 2.22. The van der Waals surface area contributed by atoms with E-state index in [1.54, 1.807) is 0 Å². The number of carbonyl (C=O) groups excluding carboxylic acids is 1.